The van der Waals surface area contributed by atoms with Crippen LogP contribution in [0.15, 0.2) is 12.1 Å². The number of nitrogens with zero attached hydrogens (tertiary/aromatic N) is 2. The van der Waals surface area contributed by atoms with E-state index in [1.807, 2.05) is 0 Å². The van der Waals surface area contributed by atoms with E-state index in [0.29, 0.717) is 0 Å². The van der Waals surface area contributed by atoms with Crippen LogP contribution in [0.5, 0.6) is 5.75 Å². The van der Waals surface area contributed by atoms with Crippen LogP contribution in [0.2, 0.25) is 0 Å². The molecule has 122 valence electrons. The minimum Gasteiger partial charge on any atom is -0.496 e. The summed E-state index contributed by atoms with van der Waals surface area (Å²) >= 11 is 0. The van der Waals surface area contributed by atoms with Crippen molar-refractivity contribution >= 4 is 0 Å². The van der Waals surface area contributed by atoms with E-state index in [9.17, 15) is 0 Å². The Morgan fingerprint density at radius 1 is 1.22 bits per heavy atom. The number of rotatable bonds is 4. The molecule has 2 aliphatic rings. The fourth-order valence-electron chi connectivity index (χ4n) is 4.04. The monoisotopic (exact) mass is 311 g/mol. The second kappa shape index (κ2) is 6.00. The highest BCUT2D eigenvalue weighted by molar-refractivity contribution is 5.45. The molecule has 0 amide bonds. The van der Waals surface area contributed by atoms with Crippen LogP contribution in [0.4, 0.5) is 0 Å². The summed E-state index contributed by atoms with van der Waals surface area (Å²) in [5.41, 5.74) is 8.31. The largest absolute Gasteiger partial charge is 0.496 e. The zero-order chi connectivity index (χ0) is 15.8. The maximum atomic E-state index is 5.67. The summed E-state index contributed by atoms with van der Waals surface area (Å²) in [6.07, 6.45) is 5.77. The molecule has 1 aromatic heterocycles. The lowest BCUT2D eigenvalue weighted by molar-refractivity contribution is 0.240. The normalized spacial score (nSPS) is 17.1. The lowest BCUT2D eigenvalue weighted by atomic mass is 10.0. The molecule has 0 spiro atoms. The van der Waals surface area contributed by atoms with E-state index in [4.69, 9.17) is 4.74 Å². The molecule has 0 unspecified atom stereocenters. The van der Waals surface area contributed by atoms with Gasteiger partial charge in [-0.05, 0) is 42.9 Å². The summed E-state index contributed by atoms with van der Waals surface area (Å²) in [6, 6.07) is 4.65. The van der Waals surface area contributed by atoms with Crippen LogP contribution in [-0.4, -0.2) is 28.8 Å². The number of aromatic amines is 1. The predicted molar refractivity (Wildman–Crippen MR) is 90.8 cm³/mol. The van der Waals surface area contributed by atoms with Crippen molar-refractivity contribution in [2.24, 2.45) is 0 Å². The number of benzene rings is 1. The summed E-state index contributed by atoms with van der Waals surface area (Å²) in [5, 5.41) is 7.68. The van der Waals surface area contributed by atoms with Gasteiger partial charge in [0.2, 0.25) is 0 Å². The lowest BCUT2D eigenvalue weighted by Gasteiger charge is -2.28. The fourth-order valence-corrected chi connectivity index (χ4v) is 4.04. The van der Waals surface area contributed by atoms with E-state index < -0.39 is 0 Å². The summed E-state index contributed by atoms with van der Waals surface area (Å²) in [4.78, 5) is 2.52. The lowest BCUT2D eigenvalue weighted by Crippen LogP contribution is -2.30. The number of hydrogen-bond acceptors (Lipinski definition) is 3. The molecule has 4 heteroatoms. The van der Waals surface area contributed by atoms with E-state index in [2.05, 4.69) is 34.2 Å². The van der Waals surface area contributed by atoms with Crippen molar-refractivity contribution in [3.8, 4) is 5.75 Å². The minimum atomic E-state index is 0.963. The third kappa shape index (κ3) is 2.65. The average Bonchev–Trinajstić information content (AvgIpc) is 3.19. The number of fused-ring (bicyclic) bond motifs is 2. The van der Waals surface area contributed by atoms with Gasteiger partial charge in [0.15, 0.2) is 0 Å². The van der Waals surface area contributed by atoms with E-state index in [1.54, 1.807) is 7.11 Å². The van der Waals surface area contributed by atoms with E-state index in [0.717, 1.165) is 38.2 Å². The molecule has 0 saturated heterocycles. The molecule has 1 aliphatic carbocycles. The topological polar surface area (TPSA) is 41.2 Å². The van der Waals surface area contributed by atoms with Gasteiger partial charge in [0.05, 0.1) is 12.8 Å². The summed E-state index contributed by atoms with van der Waals surface area (Å²) in [5.74, 6) is 1.05. The first kappa shape index (κ1) is 14.8. The van der Waals surface area contributed by atoms with Gasteiger partial charge in [-0.1, -0.05) is 13.0 Å². The maximum Gasteiger partial charge on any atom is 0.123 e. The van der Waals surface area contributed by atoms with Crippen LogP contribution >= 0.6 is 0 Å². The van der Waals surface area contributed by atoms with Gasteiger partial charge >= 0.3 is 0 Å². The highest BCUT2D eigenvalue weighted by Gasteiger charge is 2.23. The Bertz CT molecular complexity index is 706. The molecule has 1 aliphatic heterocycles. The molecular weight excluding hydrogens is 286 g/mol. The highest BCUT2D eigenvalue weighted by Crippen LogP contribution is 2.31. The number of aromatic nitrogens is 2. The molecule has 1 N–H and O–H groups in total. The minimum absolute atomic E-state index is 0.963. The SMILES string of the molecule is CCc1n[nH]c2c1CN(Cc1cc3c(cc1OC)CCC3)CC2. The molecule has 23 heavy (non-hydrogen) atoms. The van der Waals surface area contributed by atoms with Crippen molar-refractivity contribution in [2.45, 2.75) is 52.1 Å². The predicted octanol–water partition coefficient (Wildman–Crippen LogP) is 3.03. The van der Waals surface area contributed by atoms with Crippen molar-refractivity contribution < 1.29 is 4.74 Å². The van der Waals surface area contributed by atoms with Crippen LogP contribution in [0.1, 0.15) is 47.0 Å². The third-order valence-corrected chi connectivity index (χ3v) is 5.32. The molecule has 4 rings (SSSR count). The Labute approximate surface area is 137 Å². The molecule has 1 aromatic carbocycles. The Balaban J connectivity index is 1.57. The van der Waals surface area contributed by atoms with Crippen LogP contribution in [0, 0.1) is 0 Å². The van der Waals surface area contributed by atoms with E-state index >= 15 is 0 Å². The Kier molecular flexibility index (Phi) is 3.85. The number of nitrogens with one attached hydrogen (secondary N) is 1. The Morgan fingerprint density at radius 2 is 2.04 bits per heavy atom. The molecule has 0 radical (unpaired) electrons. The van der Waals surface area contributed by atoms with E-state index in [-0.39, 0.29) is 0 Å². The van der Waals surface area contributed by atoms with Gasteiger partial charge in [-0.3, -0.25) is 10.00 Å². The molecule has 0 bridgehead atoms. The number of methoxy groups -OCH3 is 1. The second-order valence-electron chi connectivity index (χ2n) is 6.73. The van der Waals surface area contributed by atoms with Gasteiger partial charge in [0, 0.05) is 42.9 Å². The number of ether oxygens (including phenoxy) is 1. The van der Waals surface area contributed by atoms with Crippen molar-refractivity contribution in [2.75, 3.05) is 13.7 Å². The molecule has 4 nitrogen and oxygen atoms in total. The molecule has 0 fully saturated rings. The Morgan fingerprint density at radius 3 is 2.83 bits per heavy atom. The zero-order valence-electron chi connectivity index (χ0n) is 14.1. The molecule has 2 aromatic rings. The first-order valence-corrected chi connectivity index (χ1v) is 8.74. The third-order valence-electron chi connectivity index (χ3n) is 5.32. The Hall–Kier alpha value is -1.81. The average molecular weight is 311 g/mol. The second-order valence-corrected chi connectivity index (χ2v) is 6.73. The molecular formula is C19H25N3O. The van der Waals surface area contributed by atoms with Gasteiger partial charge in [-0.2, -0.15) is 5.10 Å². The summed E-state index contributed by atoms with van der Waals surface area (Å²) < 4.78 is 5.67. The number of H-pyrrole nitrogens is 1. The van der Waals surface area contributed by atoms with Crippen LogP contribution in [-0.2, 0) is 38.8 Å². The van der Waals surface area contributed by atoms with Gasteiger partial charge in [-0.15, -0.1) is 0 Å². The van der Waals surface area contributed by atoms with Crippen LogP contribution < -0.4 is 4.74 Å². The van der Waals surface area contributed by atoms with Gasteiger partial charge < -0.3 is 4.74 Å². The first-order valence-electron chi connectivity index (χ1n) is 8.74. The number of hydrogen-bond donors (Lipinski definition) is 1. The van der Waals surface area contributed by atoms with Crippen molar-refractivity contribution in [1.29, 1.82) is 0 Å². The summed E-state index contributed by atoms with van der Waals surface area (Å²) in [6.45, 7) is 5.22. The molecule has 0 saturated carbocycles. The van der Waals surface area contributed by atoms with Gasteiger partial charge in [0.1, 0.15) is 5.75 Å². The molecule has 0 atom stereocenters. The quantitative estimate of drug-likeness (QED) is 0.943. The van der Waals surface area contributed by atoms with Crippen molar-refractivity contribution in [3.05, 3.63) is 45.8 Å². The smallest absolute Gasteiger partial charge is 0.123 e. The fraction of sp³-hybridized carbons (Fsp3) is 0.526. The zero-order valence-corrected chi connectivity index (χ0v) is 14.1. The van der Waals surface area contributed by atoms with Crippen LogP contribution in [0.25, 0.3) is 0 Å². The van der Waals surface area contributed by atoms with Crippen molar-refractivity contribution in [3.63, 3.8) is 0 Å². The first-order chi connectivity index (χ1) is 11.3. The van der Waals surface area contributed by atoms with Gasteiger partial charge in [-0.25, -0.2) is 0 Å². The molecule has 2 heterocycles. The number of aryl methyl sites for hydroxylation is 3. The maximum absolute atomic E-state index is 5.67. The van der Waals surface area contributed by atoms with Crippen LogP contribution in [0.3, 0.4) is 0 Å². The standard InChI is InChI=1S/C19H25N3O/c1-3-17-16-12-22(8-7-18(16)21-20-17)11-15-9-13-5-4-6-14(13)10-19(15)23-2/h9-10H,3-8,11-12H2,1-2H3,(H,20,21). The van der Waals surface area contributed by atoms with E-state index in [1.165, 1.54) is 52.9 Å². The van der Waals surface area contributed by atoms with Gasteiger partial charge in [0.25, 0.3) is 0 Å². The highest BCUT2D eigenvalue weighted by atomic mass is 16.5. The summed E-state index contributed by atoms with van der Waals surface area (Å²) in [7, 11) is 1.79. The van der Waals surface area contributed by atoms with Crippen molar-refractivity contribution in [1.82, 2.24) is 15.1 Å².